The van der Waals surface area contributed by atoms with Crippen LogP contribution < -0.4 is 5.32 Å². The normalized spacial score (nSPS) is 11.1. The zero-order valence-electron chi connectivity index (χ0n) is 10.1. The molecule has 0 saturated heterocycles. The third-order valence-electron chi connectivity index (χ3n) is 2.11. The zero-order chi connectivity index (χ0) is 12.6. The maximum Gasteiger partial charge on any atom is 0.294 e. The van der Waals surface area contributed by atoms with Crippen LogP contribution in [0.3, 0.4) is 0 Å². The number of rotatable bonds is 3. The molecule has 2 aromatic rings. The topological polar surface area (TPSA) is 59.4 Å². The quantitative estimate of drug-likeness (QED) is 0.664. The Morgan fingerprint density at radius 2 is 1.72 bits per heavy atom. The maximum absolute atomic E-state index is 5.45. The van der Waals surface area contributed by atoms with Crippen molar-refractivity contribution < 1.29 is 4.74 Å². The molecule has 0 atom stereocenters. The first-order valence-corrected chi connectivity index (χ1v) is 5.67. The summed E-state index contributed by atoms with van der Waals surface area (Å²) in [5.74, 6) is 0. The second kappa shape index (κ2) is 6.34. The summed E-state index contributed by atoms with van der Waals surface area (Å²) in [6.07, 6.45) is 6.79. The zero-order valence-corrected chi connectivity index (χ0v) is 10.1. The van der Waals surface area contributed by atoms with Crippen LogP contribution in [0.1, 0.15) is 6.92 Å². The van der Waals surface area contributed by atoms with Crippen LogP contribution in [0.2, 0.25) is 0 Å². The Morgan fingerprint density at radius 1 is 1.11 bits per heavy atom. The number of pyridine rings is 2. The van der Waals surface area contributed by atoms with Crippen molar-refractivity contribution in [3.8, 4) is 0 Å². The lowest BCUT2D eigenvalue weighted by Crippen LogP contribution is -2.15. The number of nitrogens with one attached hydrogen (secondary N) is 1. The third kappa shape index (κ3) is 3.55. The first-order valence-electron chi connectivity index (χ1n) is 5.67. The monoisotopic (exact) mass is 242 g/mol. The van der Waals surface area contributed by atoms with Gasteiger partial charge in [0, 0.05) is 30.5 Å². The van der Waals surface area contributed by atoms with Gasteiger partial charge in [-0.05, 0) is 31.2 Å². The summed E-state index contributed by atoms with van der Waals surface area (Å²) in [6.45, 7) is 2.46. The van der Waals surface area contributed by atoms with Crippen molar-refractivity contribution in [3.05, 3.63) is 49.1 Å². The van der Waals surface area contributed by atoms with Gasteiger partial charge >= 0.3 is 0 Å². The lowest BCUT2D eigenvalue weighted by molar-refractivity contribution is 0.326. The summed E-state index contributed by atoms with van der Waals surface area (Å²) >= 11 is 0. The second-order valence-electron chi connectivity index (χ2n) is 3.42. The summed E-state index contributed by atoms with van der Waals surface area (Å²) in [7, 11) is 0. The van der Waals surface area contributed by atoms with Crippen molar-refractivity contribution in [2.45, 2.75) is 6.92 Å². The first-order chi connectivity index (χ1) is 8.88. The summed E-state index contributed by atoms with van der Waals surface area (Å²) in [4.78, 5) is 12.3. The second-order valence-corrected chi connectivity index (χ2v) is 3.42. The summed E-state index contributed by atoms with van der Waals surface area (Å²) in [5.41, 5.74) is 1.67. The van der Waals surface area contributed by atoms with Crippen LogP contribution in [0.25, 0.3) is 0 Å². The fourth-order valence-corrected chi connectivity index (χ4v) is 1.33. The molecule has 2 aromatic heterocycles. The van der Waals surface area contributed by atoms with E-state index in [-0.39, 0.29) is 0 Å². The average molecular weight is 242 g/mol. The molecule has 5 nitrogen and oxygen atoms in total. The van der Waals surface area contributed by atoms with Crippen LogP contribution >= 0.6 is 0 Å². The standard InChI is InChI=1S/C13H14N4O/c1-2-18-13(16-11-3-7-14-8-4-11)17-12-5-9-15-10-6-12/h3-10H,2H2,1H3,(H,14,15,16,17). The van der Waals surface area contributed by atoms with Gasteiger partial charge in [0.15, 0.2) is 0 Å². The van der Waals surface area contributed by atoms with Gasteiger partial charge in [-0.1, -0.05) is 0 Å². The maximum atomic E-state index is 5.45. The molecule has 0 bridgehead atoms. The minimum Gasteiger partial charge on any atom is -0.465 e. The highest BCUT2D eigenvalue weighted by Crippen LogP contribution is 2.11. The van der Waals surface area contributed by atoms with E-state index >= 15 is 0 Å². The van der Waals surface area contributed by atoms with E-state index in [2.05, 4.69) is 20.3 Å². The van der Waals surface area contributed by atoms with Crippen molar-refractivity contribution in [1.29, 1.82) is 0 Å². The Kier molecular flexibility index (Phi) is 4.24. The third-order valence-corrected chi connectivity index (χ3v) is 2.11. The molecule has 0 amide bonds. The Labute approximate surface area is 106 Å². The Hall–Kier alpha value is -2.43. The Balaban J connectivity index is 2.16. The predicted octanol–water partition coefficient (Wildman–Crippen LogP) is 2.61. The molecule has 0 spiro atoms. The minimum absolute atomic E-state index is 0.454. The van der Waals surface area contributed by atoms with Gasteiger partial charge < -0.3 is 10.1 Å². The molecule has 2 rings (SSSR count). The van der Waals surface area contributed by atoms with Crippen LogP contribution in [0.4, 0.5) is 11.4 Å². The van der Waals surface area contributed by atoms with Gasteiger partial charge in [0.25, 0.3) is 6.02 Å². The van der Waals surface area contributed by atoms with Gasteiger partial charge in [0.1, 0.15) is 0 Å². The molecule has 0 saturated carbocycles. The van der Waals surface area contributed by atoms with E-state index in [4.69, 9.17) is 4.74 Å². The van der Waals surface area contributed by atoms with Crippen LogP contribution in [-0.4, -0.2) is 22.6 Å². The SMILES string of the molecule is CCO/C(=N\c1ccncc1)Nc1ccncc1. The first kappa shape index (κ1) is 12.0. The van der Waals surface area contributed by atoms with Gasteiger partial charge in [0.05, 0.1) is 12.3 Å². The Morgan fingerprint density at radius 3 is 2.33 bits per heavy atom. The van der Waals surface area contributed by atoms with E-state index in [0.29, 0.717) is 12.6 Å². The highest BCUT2D eigenvalue weighted by Gasteiger charge is 2.00. The van der Waals surface area contributed by atoms with E-state index in [9.17, 15) is 0 Å². The lowest BCUT2D eigenvalue weighted by atomic mass is 10.4. The number of aromatic nitrogens is 2. The number of amidine groups is 1. The molecule has 5 heteroatoms. The minimum atomic E-state index is 0.454. The highest BCUT2D eigenvalue weighted by molar-refractivity contribution is 5.90. The lowest BCUT2D eigenvalue weighted by Gasteiger charge is -2.09. The van der Waals surface area contributed by atoms with Gasteiger partial charge in [0.2, 0.25) is 0 Å². The molecular weight excluding hydrogens is 228 g/mol. The fourth-order valence-electron chi connectivity index (χ4n) is 1.33. The van der Waals surface area contributed by atoms with E-state index in [1.165, 1.54) is 0 Å². The molecular formula is C13H14N4O. The number of ether oxygens (including phenoxy) is 1. The number of nitrogens with zero attached hydrogens (tertiary/aromatic N) is 3. The smallest absolute Gasteiger partial charge is 0.294 e. The van der Waals surface area contributed by atoms with Crippen LogP contribution in [0.5, 0.6) is 0 Å². The number of aliphatic imine (C=N–C) groups is 1. The van der Waals surface area contributed by atoms with Gasteiger partial charge in [-0.3, -0.25) is 9.97 Å². The van der Waals surface area contributed by atoms with Crippen molar-refractivity contribution in [3.63, 3.8) is 0 Å². The molecule has 1 N–H and O–H groups in total. The van der Waals surface area contributed by atoms with Gasteiger partial charge in [-0.25, -0.2) is 0 Å². The molecule has 0 aromatic carbocycles. The largest absolute Gasteiger partial charge is 0.465 e. The van der Waals surface area contributed by atoms with Crippen molar-refractivity contribution in [2.75, 3.05) is 11.9 Å². The fraction of sp³-hybridized carbons (Fsp3) is 0.154. The summed E-state index contributed by atoms with van der Waals surface area (Å²) in [5, 5.41) is 3.10. The molecule has 0 aliphatic rings. The molecule has 0 unspecified atom stereocenters. The van der Waals surface area contributed by atoms with Gasteiger partial charge in [-0.15, -0.1) is 0 Å². The van der Waals surface area contributed by atoms with E-state index in [1.54, 1.807) is 24.8 Å². The van der Waals surface area contributed by atoms with Crippen LogP contribution in [-0.2, 0) is 4.74 Å². The highest BCUT2D eigenvalue weighted by atomic mass is 16.5. The summed E-state index contributed by atoms with van der Waals surface area (Å²) < 4.78 is 5.45. The number of hydrogen-bond acceptors (Lipinski definition) is 4. The van der Waals surface area contributed by atoms with Crippen LogP contribution in [0, 0.1) is 0 Å². The molecule has 0 aliphatic carbocycles. The molecule has 0 fully saturated rings. The van der Waals surface area contributed by atoms with Crippen molar-refractivity contribution in [1.82, 2.24) is 9.97 Å². The van der Waals surface area contributed by atoms with Gasteiger partial charge in [-0.2, -0.15) is 4.99 Å². The number of hydrogen-bond donors (Lipinski definition) is 1. The Bertz CT molecular complexity index is 499. The molecule has 2 heterocycles. The molecule has 18 heavy (non-hydrogen) atoms. The van der Waals surface area contributed by atoms with E-state index in [1.807, 2.05) is 31.2 Å². The van der Waals surface area contributed by atoms with Crippen molar-refractivity contribution in [2.24, 2.45) is 4.99 Å². The molecule has 0 aliphatic heterocycles. The van der Waals surface area contributed by atoms with E-state index < -0.39 is 0 Å². The van der Waals surface area contributed by atoms with E-state index in [0.717, 1.165) is 11.4 Å². The van der Waals surface area contributed by atoms with Crippen LogP contribution in [0.15, 0.2) is 54.0 Å². The molecule has 0 radical (unpaired) electrons. The molecule has 92 valence electrons. The van der Waals surface area contributed by atoms with Crippen molar-refractivity contribution >= 4 is 17.4 Å². The average Bonchev–Trinajstić information content (AvgIpc) is 2.41. The number of anilines is 1. The summed E-state index contributed by atoms with van der Waals surface area (Å²) in [6, 6.07) is 7.78. The predicted molar refractivity (Wildman–Crippen MR) is 70.8 cm³/mol.